The summed E-state index contributed by atoms with van der Waals surface area (Å²) in [6, 6.07) is 8.13. The van der Waals surface area contributed by atoms with Crippen LogP contribution in [-0.4, -0.2) is 16.1 Å². The average Bonchev–Trinajstić information content (AvgIpc) is 3.07. The van der Waals surface area contributed by atoms with Gasteiger partial charge < -0.3 is 4.42 Å². The summed E-state index contributed by atoms with van der Waals surface area (Å²) in [5.74, 6) is 0.709. The lowest BCUT2D eigenvalue weighted by molar-refractivity contribution is 0.112. The van der Waals surface area contributed by atoms with Crippen LogP contribution in [0.2, 0.25) is 0 Å². The Kier molecular flexibility index (Phi) is 3.37. The lowest BCUT2D eigenvalue weighted by atomic mass is 10.1. The van der Waals surface area contributed by atoms with Gasteiger partial charge in [-0.15, -0.1) is 0 Å². The maximum Gasteiger partial charge on any atom is 0.159 e. The van der Waals surface area contributed by atoms with Crippen molar-refractivity contribution in [3.05, 3.63) is 41.6 Å². The highest BCUT2D eigenvalue weighted by atomic mass is 16.3. The van der Waals surface area contributed by atoms with E-state index >= 15 is 0 Å². The fourth-order valence-corrected chi connectivity index (χ4v) is 2.57. The van der Waals surface area contributed by atoms with Gasteiger partial charge in [0.15, 0.2) is 12.0 Å². The van der Waals surface area contributed by atoms with Crippen LogP contribution in [0.4, 0.5) is 0 Å². The molecule has 3 aromatic rings. The van der Waals surface area contributed by atoms with Crippen LogP contribution in [0.1, 0.15) is 42.7 Å². The number of nitrogens with zero attached hydrogens (tertiary/aromatic N) is 2. The Morgan fingerprint density at radius 2 is 2.10 bits per heavy atom. The quantitative estimate of drug-likeness (QED) is 0.672. The number of hydrogen-bond acceptors (Lipinski definition) is 3. The van der Waals surface area contributed by atoms with Gasteiger partial charge >= 0.3 is 0 Å². The zero-order valence-electron chi connectivity index (χ0n) is 12.5. The Balaban J connectivity index is 2.27. The molecule has 0 aliphatic carbocycles. The Morgan fingerprint density at radius 1 is 1.33 bits per heavy atom. The number of aldehydes is 1. The van der Waals surface area contributed by atoms with E-state index in [1.54, 1.807) is 10.9 Å². The molecule has 2 heterocycles. The van der Waals surface area contributed by atoms with E-state index < -0.39 is 0 Å². The summed E-state index contributed by atoms with van der Waals surface area (Å²) in [4.78, 5) is 11.4. The van der Waals surface area contributed by atoms with Crippen LogP contribution >= 0.6 is 0 Å². The summed E-state index contributed by atoms with van der Waals surface area (Å²) in [5, 5.41) is 5.64. The zero-order chi connectivity index (χ0) is 15.0. The number of benzene rings is 1. The Bertz CT molecular complexity index is 796. The molecular weight excluding hydrogens is 264 g/mol. The van der Waals surface area contributed by atoms with Crippen molar-refractivity contribution in [1.82, 2.24) is 9.78 Å². The highest BCUT2D eigenvalue weighted by molar-refractivity contribution is 5.91. The van der Waals surface area contributed by atoms with Crippen molar-refractivity contribution in [2.75, 3.05) is 0 Å². The monoisotopic (exact) mass is 282 g/mol. The van der Waals surface area contributed by atoms with Gasteiger partial charge in [-0.3, -0.25) is 9.48 Å². The standard InChI is InChI=1S/C17H18N2O2/c1-4-13-14-7-5-6-8-15(14)21-17(13)16-12(10-20)9-19(18-16)11(2)3/h5-11H,4H2,1-3H3. The third kappa shape index (κ3) is 2.17. The van der Waals surface area contributed by atoms with Gasteiger partial charge in [0.25, 0.3) is 0 Å². The van der Waals surface area contributed by atoms with Crippen LogP contribution < -0.4 is 0 Å². The molecule has 4 nitrogen and oxygen atoms in total. The largest absolute Gasteiger partial charge is 0.454 e. The van der Waals surface area contributed by atoms with E-state index in [0.29, 0.717) is 17.0 Å². The normalized spacial score (nSPS) is 11.4. The van der Waals surface area contributed by atoms with Crippen LogP contribution in [0.3, 0.4) is 0 Å². The number of hydrogen-bond donors (Lipinski definition) is 0. The first-order chi connectivity index (χ1) is 10.2. The minimum atomic E-state index is 0.201. The average molecular weight is 282 g/mol. The van der Waals surface area contributed by atoms with Crippen molar-refractivity contribution in [2.45, 2.75) is 33.2 Å². The highest BCUT2D eigenvalue weighted by Gasteiger charge is 2.20. The van der Waals surface area contributed by atoms with Crippen LogP contribution in [0, 0.1) is 0 Å². The zero-order valence-corrected chi connectivity index (χ0v) is 12.5. The molecule has 0 atom stereocenters. The van der Waals surface area contributed by atoms with Crippen molar-refractivity contribution in [3.8, 4) is 11.5 Å². The molecular formula is C17H18N2O2. The van der Waals surface area contributed by atoms with Gasteiger partial charge in [0.1, 0.15) is 11.3 Å². The van der Waals surface area contributed by atoms with E-state index in [2.05, 4.69) is 12.0 Å². The van der Waals surface area contributed by atoms with Gasteiger partial charge in [-0.05, 0) is 26.3 Å². The molecule has 3 rings (SSSR count). The molecule has 0 saturated heterocycles. The fraction of sp³-hybridized carbons (Fsp3) is 0.294. The molecule has 0 aliphatic rings. The SMILES string of the molecule is CCc1c(-c2nn(C(C)C)cc2C=O)oc2ccccc12. The second-order valence-electron chi connectivity index (χ2n) is 5.38. The van der Waals surface area contributed by atoms with Crippen LogP contribution in [0.15, 0.2) is 34.9 Å². The number of aromatic nitrogens is 2. The lowest BCUT2D eigenvalue weighted by Gasteiger charge is -2.03. The van der Waals surface area contributed by atoms with Crippen molar-refractivity contribution in [2.24, 2.45) is 0 Å². The second kappa shape index (κ2) is 5.20. The topological polar surface area (TPSA) is 48.0 Å². The smallest absolute Gasteiger partial charge is 0.159 e. The minimum absolute atomic E-state index is 0.201. The van der Waals surface area contributed by atoms with Crippen LogP contribution in [0.5, 0.6) is 0 Å². The van der Waals surface area contributed by atoms with Gasteiger partial charge in [0.2, 0.25) is 0 Å². The minimum Gasteiger partial charge on any atom is -0.454 e. The summed E-state index contributed by atoms with van der Waals surface area (Å²) in [5.41, 5.74) is 3.13. The van der Waals surface area contributed by atoms with Crippen molar-refractivity contribution in [3.63, 3.8) is 0 Å². The molecule has 1 aromatic carbocycles. The van der Waals surface area contributed by atoms with E-state index in [1.165, 1.54) is 0 Å². The number of aryl methyl sites for hydroxylation is 1. The molecule has 0 saturated carbocycles. The molecule has 0 spiro atoms. The molecule has 0 unspecified atom stereocenters. The van der Waals surface area contributed by atoms with E-state index in [9.17, 15) is 4.79 Å². The molecule has 2 aromatic heterocycles. The van der Waals surface area contributed by atoms with Gasteiger partial charge in [-0.1, -0.05) is 25.1 Å². The number of rotatable bonds is 4. The first-order valence-corrected chi connectivity index (χ1v) is 7.20. The van der Waals surface area contributed by atoms with Gasteiger partial charge in [-0.2, -0.15) is 5.10 Å². The summed E-state index contributed by atoms with van der Waals surface area (Å²) in [6.07, 6.45) is 3.45. The Hall–Kier alpha value is -2.36. The summed E-state index contributed by atoms with van der Waals surface area (Å²) < 4.78 is 7.77. The third-order valence-electron chi connectivity index (χ3n) is 3.68. The molecule has 0 aliphatic heterocycles. The molecule has 4 heteroatoms. The van der Waals surface area contributed by atoms with Gasteiger partial charge in [0, 0.05) is 23.2 Å². The first kappa shape index (κ1) is 13.6. The number of carbonyl (C=O) groups excluding carboxylic acids is 1. The Labute approximate surface area is 123 Å². The maximum absolute atomic E-state index is 11.4. The molecule has 0 N–H and O–H groups in total. The summed E-state index contributed by atoms with van der Waals surface area (Å²) >= 11 is 0. The third-order valence-corrected chi connectivity index (χ3v) is 3.68. The van der Waals surface area contributed by atoms with Gasteiger partial charge in [0.05, 0.1) is 5.56 Å². The van der Waals surface area contributed by atoms with Crippen molar-refractivity contribution in [1.29, 1.82) is 0 Å². The number of furan rings is 1. The van der Waals surface area contributed by atoms with E-state index in [4.69, 9.17) is 4.42 Å². The molecule has 0 fully saturated rings. The number of para-hydroxylation sites is 1. The van der Waals surface area contributed by atoms with E-state index in [1.807, 2.05) is 38.1 Å². The highest BCUT2D eigenvalue weighted by Crippen LogP contribution is 2.34. The molecule has 0 bridgehead atoms. The van der Waals surface area contributed by atoms with Crippen LogP contribution in [0.25, 0.3) is 22.4 Å². The maximum atomic E-state index is 11.4. The summed E-state index contributed by atoms with van der Waals surface area (Å²) in [7, 11) is 0. The predicted molar refractivity (Wildman–Crippen MR) is 82.6 cm³/mol. The van der Waals surface area contributed by atoms with Crippen LogP contribution in [-0.2, 0) is 6.42 Å². The van der Waals surface area contributed by atoms with E-state index in [-0.39, 0.29) is 6.04 Å². The molecule has 21 heavy (non-hydrogen) atoms. The van der Waals surface area contributed by atoms with Gasteiger partial charge in [-0.25, -0.2) is 0 Å². The first-order valence-electron chi connectivity index (χ1n) is 7.20. The molecule has 0 amide bonds. The lowest BCUT2D eigenvalue weighted by Crippen LogP contribution is -2.00. The van der Waals surface area contributed by atoms with Crippen molar-refractivity contribution >= 4 is 17.3 Å². The summed E-state index contributed by atoms with van der Waals surface area (Å²) in [6.45, 7) is 6.15. The van der Waals surface area contributed by atoms with E-state index in [0.717, 1.165) is 29.2 Å². The molecule has 0 radical (unpaired) electrons. The number of carbonyl (C=O) groups is 1. The molecule has 108 valence electrons. The second-order valence-corrected chi connectivity index (χ2v) is 5.38. The Morgan fingerprint density at radius 3 is 2.76 bits per heavy atom. The fourth-order valence-electron chi connectivity index (χ4n) is 2.57. The number of fused-ring (bicyclic) bond motifs is 1. The predicted octanol–water partition coefficient (Wildman–Crippen LogP) is 4.25. The van der Waals surface area contributed by atoms with Crippen molar-refractivity contribution < 1.29 is 9.21 Å².